The first-order valence-corrected chi connectivity index (χ1v) is 5.35. The zero-order valence-corrected chi connectivity index (χ0v) is 10.1. The van der Waals surface area contributed by atoms with Gasteiger partial charge < -0.3 is 14.6 Å². The number of alkyl halides is 3. The Bertz CT molecular complexity index is 362. The quantitative estimate of drug-likeness (QED) is 0.888. The Morgan fingerprint density at radius 2 is 1.78 bits per heavy atom. The van der Waals surface area contributed by atoms with Gasteiger partial charge in [0.2, 0.25) is 0 Å². The molecule has 2 unspecified atom stereocenters. The van der Waals surface area contributed by atoms with E-state index in [1.807, 2.05) is 0 Å². The minimum absolute atomic E-state index is 0.410. The average Bonchev–Trinajstić information content (AvgIpc) is 2.34. The first kappa shape index (κ1) is 14.8. The molecule has 6 heteroatoms. The van der Waals surface area contributed by atoms with Gasteiger partial charge in [-0.1, -0.05) is 12.1 Å². The average molecular weight is 264 g/mol. The highest BCUT2D eigenvalue weighted by molar-refractivity contribution is 5.28. The van der Waals surface area contributed by atoms with Crippen molar-refractivity contribution in [3.63, 3.8) is 0 Å². The topological polar surface area (TPSA) is 38.7 Å². The first-order chi connectivity index (χ1) is 8.34. The van der Waals surface area contributed by atoms with Crippen LogP contribution in [0.3, 0.4) is 0 Å². The van der Waals surface area contributed by atoms with E-state index in [2.05, 4.69) is 4.74 Å². The SMILES string of the molecule is COc1ccc(C(O)COC(C)C(F)(F)F)cc1. The lowest BCUT2D eigenvalue weighted by molar-refractivity contribution is -0.219. The second-order valence-corrected chi connectivity index (χ2v) is 3.81. The Labute approximate surface area is 103 Å². The molecule has 0 fully saturated rings. The van der Waals surface area contributed by atoms with Crippen LogP contribution in [0.2, 0.25) is 0 Å². The number of methoxy groups -OCH3 is 1. The second-order valence-electron chi connectivity index (χ2n) is 3.81. The molecule has 2 atom stereocenters. The van der Waals surface area contributed by atoms with Crippen molar-refractivity contribution in [3.05, 3.63) is 29.8 Å². The summed E-state index contributed by atoms with van der Waals surface area (Å²) >= 11 is 0. The van der Waals surface area contributed by atoms with E-state index in [1.165, 1.54) is 7.11 Å². The van der Waals surface area contributed by atoms with Crippen LogP contribution in [0, 0.1) is 0 Å². The van der Waals surface area contributed by atoms with Crippen molar-refractivity contribution in [2.24, 2.45) is 0 Å². The van der Waals surface area contributed by atoms with Crippen LogP contribution in [0.1, 0.15) is 18.6 Å². The summed E-state index contributed by atoms with van der Waals surface area (Å²) in [5.41, 5.74) is 0.477. The van der Waals surface area contributed by atoms with E-state index in [4.69, 9.17) is 4.74 Å². The van der Waals surface area contributed by atoms with Gasteiger partial charge in [-0.3, -0.25) is 0 Å². The van der Waals surface area contributed by atoms with Gasteiger partial charge in [0, 0.05) is 0 Å². The number of rotatable bonds is 5. The van der Waals surface area contributed by atoms with Crippen LogP contribution in [0.4, 0.5) is 13.2 Å². The third-order valence-corrected chi connectivity index (χ3v) is 2.47. The minimum atomic E-state index is -4.42. The van der Waals surface area contributed by atoms with Crippen LogP contribution in [0.5, 0.6) is 5.75 Å². The van der Waals surface area contributed by atoms with E-state index in [0.717, 1.165) is 6.92 Å². The number of hydrogen-bond donors (Lipinski definition) is 1. The van der Waals surface area contributed by atoms with Crippen molar-refractivity contribution < 1.29 is 27.8 Å². The molecule has 0 aliphatic carbocycles. The van der Waals surface area contributed by atoms with Crippen LogP contribution < -0.4 is 4.74 Å². The highest BCUT2D eigenvalue weighted by Gasteiger charge is 2.37. The number of ether oxygens (including phenoxy) is 2. The molecule has 0 aromatic heterocycles. The zero-order chi connectivity index (χ0) is 13.8. The summed E-state index contributed by atoms with van der Waals surface area (Å²) in [5, 5.41) is 9.67. The Kier molecular flexibility index (Phi) is 4.98. The molecular formula is C12H15F3O3. The molecule has 0 bridgehead atoms. The Balaban J connectivity index is 2.52. The zero-order valence-electron chi connectivity index (χ0n) is 10.1. The smallest absolute Gasteiger partial charge is 0.414 e. The fourth-order valence-corrected chi connectivity index (χ4v) is 1.25. The van der Waals surface area contributed by atoms with E-state index < -0.39 is 25.0 Å². The summed E-state index contributed by atoms with van der Waals surface area (Å²) in [5.74, 6) is 0.607. The molecule has 1 N–H and O–H groups in total. The maximum Gasteiger partial charge on any atom is 0.414 e. The number of aliphatic hydroxyl groups is 1. The summed E-state index contributed by atoms with van der Waals surface area (Å²) < 4.78 is 46.0. The summed E-state index contributed by atoms with van der Waals surface area (Å²) in [6.45, 7) is 0.494. The van der Waals surface area contributed by atoms with E-state index in [0.29, 0.717) is 11.3 Å². The minimum Gasteiger partial charge on any atom is -0.497 e. The standard InChI is InChI=1S/C12H15F3O3/c1-8(12(13,14)15)18-7-11(16)9-3-5-10(17-2)6-4-9/h3-6,8,11,16H,7H2,1-2H3. The molecule has 1 aromatic rings. The van der Waals surface area contributed by atoms with Crippen LogP contribution >= 0.6 is 0 Å². The third-order valence-electron chi connectivity index (χ3n) is 2.47. The van der Waals surface area contributed by atoms with Gasteiger partial charge in [-0.05, 0) is 24.6 Å². The molecule has 18 heavy (non-hydrogen) atoms. The summed E-state index contributed by atoms with van der Waals surface area (Å²) in [6, 6.07) is 6.38. The monoisotopic (exact) mass is 264 g/mol. The molecule has 0 saturated heterocycles. The van der Waals surface area contributed by atoms with Crippen LogP contribution in [0.25, 0.3) is 0 Å². The highest BCUT2D eigenvalue weighted by atomic mass is 19.4. The number of aliphatic hydroxyl groups excluding tert-OH is 1. The van der Waals surface area contributed by atoms with Gasteiger partial charge in [0.05, 0.1) is 13.7 Å². The van der Waals surface area contributed by atoms with Gasteiger partial charge in [-0.2, -0.15) is 13.2 Å². The van der Waals surface area contributed by atoms with E-state index >= 15 is 0 Å². The van der Waals surface area contributed by atoms with Gasteiger partial charge in [0.15, 0.2) is 6.10 Å². The predicted octanol–water partition coefficient (Wildman–Crippen LogP) is 2.70. The van der Waals surface area contributed by atoms with Crippen LogP contribution in [0.15, 0.2) is 24.3 Å². The molecule has 0 aliphatic heterocycles. The molecule has 3 nitrogen and oxygen atoms in total. The highest BCUT2D eigenvalue weighted by Crippen LogP contribution is 2.24. The summed E-state index contributed by atoms with van der Waals surface area (Å²) in [4.78, 5) is 0. The van der Waals surface area contributed by atoms with Gasteiger partial charge in [-0.25, -0.2) is 0 Å². The normalized spacial score (nSPS) is 15.2. The molecule has 0 spiro atoms. The van der Waals surface area contributed by atoms with Crippen molar-refractivity contribution >= 4 is 0 Å². The van der Waals surface area contributed by atoms with Crippen LogP contribution in [-0.4, -0.2) is 31.1 Å². The number of halogens is 3. The molecule has 1 aromatic carbocycles. The van der Waals surface area contributed by atoms with E-state index in [-0.39, 0.29) is 0 Å². The summed E-state index contributed by atoms with van der Waals surface area (Å²) in [7, 11) is 1.50. The Morgan fingerprint density at radius 1 is 1.22 bits per heavy atom. The lowest BCUT2D eigenvalue weighted by Gasteiger charge is -2.19. The van der Waals surface area contributed by atoms with Gasteiger partial charge in [-0.15, -0.1) is 0 Å². The van der Waals surface area contributed by atoms with Crippen molar-refractivity contribution in [1.82, 2.24) is 0 Å². The van der Waals surface area contributed by atoms with Gasteiger partial charge in [0.25, 0.3) is 0 Å². The Morgan fingerprint density at radius 3 is 2.22 bits per heavy atom. The molecule has 0 amide bonds. The third kappa shape index (κ3) is 4.19. The lowest BCUT2D eigenvalue weighted by Crippen LogP contribution is -2.30. The lowest BCUT2D eigenvalue weighted by atomic mass is 10.1. The van der Waals surface area contributed by atoms with E-state index in [1.54, 1.807) is 24.3 Å². The first-order valence-electron chi connectivity index (χ1n) is 5.35. The van der Waals surface area contributed by atoms with Crippen molar-refractivity contribution in [2.45, 2.75) is 25.3 Å². The maximum absolute atomic E-state index is 12.2. The van der Waals surface area contributed by atoms with Crippen molar-refractivity contribution in [3.8, 4) is 5.75 Å². The molecule has 0 saturated carbocycles. The molecule has 0 radical (unpaired) electrons. The summed E-state index contributed by atoms with van der Waals surface area (Å²) in [6.07, 6.45) is -7.41. The van der Waals surface area contributed by atoms with Crippen molar-refractivity contribution in [1.29, 1.82) is 0 Å². The predicted molar refractivity (Wildman–Crippen MR) is 59.4 cm³/mol. The van der Waals surface area contributed by atoms with Gasteiger partial charge >= 0.3 is 6.18 Å². The van der Waals surface area contributed by atoms with Crippen molar-refractivity contribution in [2.75, 3.05) is 13.7 Å². The molecule has 0 heterocycles. The van der Waals surface area contributed by atoms with Gasteiger partial charge in [0.1, 0.15) is 11.9 Å². The fourth-order valence-electron chi connectivity index (χ4n) is 1.25. The molecule has 1 rings (SSSR count). The van der Waals surface area contributed by atoms with E-state index in [9.17, 15) is 18.3 Å². The fraction of sp³-hybridized carbons (Fsp3) is 0.500. The second kappa shape index (κ2) is 6.06. The Hall–Kier alpha value is -1.27. The molecule has 0 aliphatic rings. The maximum atomic E-state index is 12.2. The molecule has 102 valence electrons. The number of benzene rings is 1. The largest absolute Gasteiger partial charge is 0.497 e. The van der Waals surface area contributed by atoms with Crippen LogP contribution in [-0.2, 0) is 4.74 Å². The number of hydrogen-bond acceptors (Lipinski definition) is 3. The molecular weight excluding hydrogens is 249 g/mol.